The van der Waals surface area contributed by atoms with Crippen LogP contribution < -0.4 is 9.80 Å². The molecule has 12 aromatic rings. The summed E-state index contributed by atoms with van der Waals surface area (Å²) in [6, 6.07) is 91.0. The van der Waals surface area contributed by atoms with Gasteiger partial charge in [0.05, 0.1) is 11.4 Å². The number of rotatable bonds is 13. The number of fused-ring (bicyclic) bond motifs is 4. The Bertz CT molecular complexity index is 4110. The van der Waals surface area contributed by atoms with Crippen LogP contribution in [0.25, 0.3) is 90.7 Å². The van der Waals surface area contributed by atoms with Crippen LogP contribution >= 0.6 is 0 Å². The second kappa shape index (κ2) is 24.4. The van der Waals surface area contributed by atoms with Crippen molar-refractivity contribution in [2.45, 2.75) is 78.1 Å². The van der Waals surface area contributed by atoms with Crippen molar-refractivity contribution in [3.63, 3.8) is 0 Å². The topological polar surface area (TPSA) is 6.48 Å². The average Bonchev–Trinajstić information content (AvgIpc) is 0.886. The molecule has 0 atom stereocenters. The zero-order valence-corrected chi connectivity index (χ0v) is 49.5. The molecular formula is C84H72N2. The average molecular weight is 1110 g/mol. The van der Waals surface area contributed by atoms with E-state index in [1.807, 2.05) is 0 Å². The highest BCUT2D eigenvalue weighted by Crippen LogP contribution is 2.54. The molecule has 0 N–H and O–H groups in total. The maximum Gasteiger partial charge on any atom is 0.0618 e. The molecule has 2 saturated carbocycles. The number of anilines is 6. The Morgan fingerprint density at radius 3 is 0.744 bits per heavy atom. The van der Waals surface area contributed by atoms with Gasteiger partial charge in [-0.15, -0.1) is 0 Å². The van der Waals surface area contributed by atoms with Crippen molar-refractivity contribution < 1.29 is 0 Å². The van der Waals surface area contributed by atoms with E-state index in [0.717, 1.165) is 45.3 Å². The first-order chi connectivity index (χ1) is 42.5. The predicted octanol–water partition coefficient (Wildman–Crippen LogP) is 24.6. The molecule has 0 aromatic heterocycles. The fourth-order valence-corrected chi connectivity index (χ4v) is 13.5. The van der Waals surface area contributed by atoms with Crippen LogP contribution in [0.15, 0.2) is 254 Å². The van der Waals surface area contributed by atoms with Gasteiger partial charge in [-0.05, 0) is 180 Å². The van der Waals surface area contributed by atoms with Gasteiger partial charge in [-0.25, -0.2) is 0 Å². The Morgan fingerprint density at radius 2 is 0.477 bits per heavy atom. The lowest BCUT2D eigenvalue weighted by Gasteiger charge is -2.31. The van der Waals surface area contributed by atoms with E-state index in [2.05, 4.69) is 303 Å². The summed E-state index contributed by atoms with van der Waals surface area (Å²) in [5, 5.41) is 9.60. The van der Waals surface area contributed by atoms with Gasteiger partial charge in [0.2, 0.25) is 0 Å². The van der Waals surface area contributed by atoms with E-state index >= 15 is 0 Å². The Labute approximate surface area is 508 Å². The minimum atomic E-state index is 1.10. The molecule has 0 heterocycles. The quantitative estimate of drug-likeness (QED) is 0.0839. The molecule has 2 aliphatic carbocycles. The van der Waals surface area contributed by atoms with Crippen molar-refractivity contribution in [3.05, 3.63) is 298 Å². The smallest absolute Gasteiger partial charge is 0.0618 e. The van der Waals surface area contributed by atoms with Crippen molar-refractivity contribution in [1.82, 2.24) is 0 Å². The van der Waals surface area contributed by atoms with Crippen molar-refractivity contribution in [2.24, 2.45) is 0 Å². The molecule has 418 valence electrons. The van der Waals surface area contributed by atoms with Crippen LogP contribution in [-0.2, 0) is 0 Å². The molecule has 86 heavy (non-hydrogen) atoms. The van der Waals surface area contributed by atoms with Crippen LogP contribution in [0.1, 0.15) is 109 Å². The monoisotopic (exact) mass is 1110 g/mol. The van der Waals surface area contributed by atoms with Crippen molar-refractivity contribution >= 4 is 114 Å². The van der Waals surface area contributed by atoms with Gasteiger partial charge in [0.1, 0.15) is 0 Å². The maximum atomic E-state index is 2.51. The predicted molar refractivity (Wildman–Crippen MR) is 374 cm³/mol. The zero-order valence-electron chi connectivity index (χ0n) is 49.5. The number of hydrogen-bond acceptors (Lipinski definition) is 2. The van der Waals surface area contributed by atoms with Crippen LogP contribution in [0, 0.1) is 13.8 Å². The van der Waals surface area contributed by atoms with E-state index in [1.54, 1.807) is 11.1 Å². The maximum absolute atomic E-state index is 2.51. The van der Waals surface area contributed by atoms with Crippen LogP contribution in [0.3, 0.4) is 0 Å². The summed E-state index contributed by atoms with van der Waals surface area (Å²) >= 11 is 0. The summed E-state index contributed by atoms with van der Waals surface area (Å²) in [5.41, 5.74) is 22.1. The van der Waals surface area contributed by atoms with Gasteiger partial charge in [-0.2, -0.15) is 0 Å². The summed E-state index contributed by atoms with van der Waals surface area (Å²) < 4.78 is 0. The molecular weight excluding hydrogens is 1040 g/mol. The van der Waals surface area contributed by atoms with Crippen LogP contribution in [0.4, 0.5) is 34.1 Å². The highest BCUT2D eigenvalue weighted by Gasteiger charge is 2.27. The molecule has 0 amide bonds. The minimum absolute atomic E-state index is 1.10. The Hall–Kier alpha value is -9.76. The molecule has 0 unspecified atom stereocenters. The van der Waals surface area contributed by atoms with Crippen LogP contribution in [-0.4, -0.2) is 0 Å². The number of allylic oxidation sites excluding steroid dienone is 2. The second-order valence-corrected chi connectivity index (χ2v) is 23.9. The summed E-state index contributed by atoms with van der Waals surface area (Å²) in [6.45, 7) is 4.28. The first kappa shape index (κ1) is 54.2. The lowest BCUT2D eigenvalue weighted by atomic mass is 9.84. The first-order valence-electron chi connectivity index (χ1n) is 31.2. The Balaban J connectivity index is 0.954. The fraction of sp³-hybridized carbons (Fsp3) is 0.143. The van der Waals surface area contributed by atoms with Crippen LogP contribution in [0.2, 0.25) is 0 Å². The highest BCUT2D eigenvalue weighted by molar-refractivity contribution is 6.30. The SMILES string of the molecule is Cc1ccc(C=Cc2ccc(N(c3ccc(C=C4CCCCC4)cc3)c3c4ccccc4c(-c4c5ccccc5c(N(c5ccc(C=Cc6ccc(C)cc6)cc5)c5ccc(C=C6CCCCC6)cc5)c5ccccc45)c4ccccc34)cc2)cc1. The zero-order chi connectivity index (χ0) is 57.8. The molecule has 14 rings (SSSR count). The van der Waals surface area contributed by atoms with Crippen molar-refractivity contribution in [2.75, 3.05) is 9.80 Å². The molecule has 2 aliphatic rings. The van der Waals surface area contributed by atoms with E-state index in [4.69, 9.17) is 0 Å². The summed E-state index contributed by atoms with van der Waals surface area (Å²) in [4.78, 5) is 5.02. The molecule has 0 saturated heterocycles. The highest BCUT2D eigenvalue weighted by atomic mass is 15.2. The van der Waals surface area contributed by atoms with Gasteiger partial charge < -0.3 is 9.80 Å². The molecule has 0 radical (unpaired) electrons. The molecule has 2 heteroatoms. The van der Waals surface area contributed by atoms with Crippen molar-refractivity contribution in [1.29, 1.82) is 0 Å². The number of benzene rings is 12. The molecule has 0 bridgehead atoms. The van der Waals surface area contributed by atoms with E-state index < -0.39 is 0 Å². The summed E-state index contributed by atoms with van der Waals surface area (Å²) in [7, 11) is 0. The minimum Gasteiger partial charge on any atom is -0.309 e. The van der Waals surface area contributed by atoms with E-state index in [-0.39, 0.29) is 0 Å². The number of aryl methyl sites for hydroxylation is 2. The van der Waals surface area contributed by atoms with Crippen molar-refractivity contribution in [3.8, 4) is 11.1 Å². The largest absolute Gasteiger partial charge is 0.309 e. The van der Waals surface area contributed by atoms with Gasteiger partial charge in [0, 0.05) is 44.3 Å². The van der Waals surface area contributed by atoms with Crippen LogP contribution in [0.5, 0.6) is 0 Å². The molecule has 2 fully saturated rings. The molecule has 0 aliphatic heterocycles. The second-order valence-electron chi connectivity index (χ2n) is 23.9. The van der Waals surface area contributed by atoms with E-state index in [0.29, 0.717) is 0 Å². The lowest BCUT2D eigenvalue weighted by molar-refractivity contribution is 0.602. The standard InChI is InChI=1S/C84H72N2/c1-59-29-33-61(34-30-59)37-39-63-41-49-69(50-42-63)85(71-53-45-67(46-54-71)57-65-17-5-3-6-18-65)83-77-25-13-9-21-73(77)81(74-22-10-14-26-78(74)83)82-75-23-11-15-27-79(75)84(80-28-16-12-24-76(80)82)86(72-55-47-68(48-56-72)58-66-19-7-4-8-20-66)70-51-43-64(44-52-70)40-38-62-35-31-60(2)32-36-62/h9-16,21-58H,3-8,17-20H2,1-2H3. The third kappa shape index (κ3) is 11.2. The third-order valence-corrected chi connectivity index (χ3v) is 17.9. The summed E-state index contributed by atoms with van der Waals surface area (Å²) in [6.07, 6.45) is 26.3. The molecule has 0 spiro atoms. The Morgan fingerprint density at radius 1 is 0.244 bits per heavy atom. The normalized spacial score (nSPS) is 13.8. The van der Waals surface area contributed by atoms with E-state index in [9.17, 15) is 0 Å². The fourth-order valence-electron chi connectivity index (χ4n) is 13.5. The number of nitrogens with zero attached hydrogens (tertiary/aromatic N) is 2. The third-order valence-electron chi connectivity index (χ3n) is 17.9. The van der Waals surface area contributed by atoms with E-state index in [1.165, 1.54) is 152 Å². The lowest BCUT2D eigenvalue weighted by Crippen LogP contribution is -2.12. The summed E-state index contributed by atoms with van der Waals surface area (Å²) in [5.74, 6) is 0. The van der Waals surface area contributed by atoms with Gasteiger partial charge in [-0.3, -0.25) is 0 Å². The molecule has 12 aromatic carbocycles. The first-order valence-corrected chi connectivity index (χ1v) is 31.2. The van der Waals surface area contributed by atoms with Gasteiger partial charge in [-0.1, -0.05) is 266 Å². The van der Waals surface area contributed by atoms with Gasteiger partial charge >= 0.3 is 0 Å². The number of hydrogen-bond donors (Lipinski definition) is 0. The Kier molecular flexibility index (Phi) is 15.4. The molecule has 2 nitrogen and oxygen atoms in total. The van der Waals surface area contributed by atoms with Gasteiger partial charge in [0.15, 0.2) is 0 Å². The van der Waals surface area contributed by atoms with Gasteiger partial charge in [0.25, 0.3) is 0 Å².